The van der Waals surface area contributed by atoms with Crippen molar-refractivity contribution in [3.05, 3.63) is 0 Å². The number of hydrogen-bond donors (Lipinski definition) is 0. The Kier molecular flexibility index (Phi) is 9.85. The highest BCUT2D eigenvalue weighted by Crippen LogP contribution is 2.34. The van der Waals surface area contributed by atoms with Crippen molar-refractivity contribution in [3.63, 3.8) is 0 Å². The zero-order valence-corrected chi connectivity index (χ0v) is 15.6. The minimum atomic E-state index is -3.86. The Labute approximate surface area is 152 Å². The molecule has 1 unspecified atom stereocenters. The molecule has 0 aromatic heterocycles. The molecule has 1 saturated heterocycles. The van der Waals surface area contributed by atoms with E-state index in [1.807, 2.05) is 6.92 Å². The lowest BCUT2D eigenvalue weighted by Crippen LogP contribution is -2.44. The summed E-state index contributed by atoms with van der Waals surface area (Å²) in [6.45, 7) is 3.23. The van der Waals surface area contributed by atoms with E-state index in [0.29, 0.717) is 45.3 Å². The lowest BCUT2D eigenvalue weighted by molar-refractivity contribution is -0.201. The van der Waals surface area contributed by atoms with Gasteiger partial charge >= 0.3 is 5.97 Å². The Balaban J connectivity index is 2.54. The van der Waals surface area contributed by atoms with E-state index < -0.39 is 36.9 Å². The van der Waals surface area contributed by atoms with Gasteiger partial charge in [0.1, 0.15) is 0 Å². The fourth-order valence-corrected chi connectivity index (χ4v) is 2.78. The molecule has 0 bridgehead atoms. The van der Waals surface area contributed by atoms with E-state index >= 15 is 0 Å². The van der Waals surface area contributed by atoms with E-state index in [0.717, 1.165) is 12.8 Å². The summed E-state index contributed by atoms with van der Waals surface area (Å²) < 4.78 is 69.8. The van der Waals surface area contributed by atoms with Gasteiger partial charge in [0.25, 0.3) is 11.8 Å². The maximum absolute atomic E-state index is 14.2. The molecule has 8 heteroatoms. The first-order chi connectivity index (χ1) is 12.1. The third-order valence-corrected chi connectivity index (χ3v) is 4.31. The highest BCUT2D eigenvalue weighted by atomic mass is 19.3. The number of hydrogen-bond acceptors (Lipinski definition) is 4. The Bertz CT molecular complexity index is 406. The van der Waals surface area contributed by atoms with Crippen LogP contribution < -0.4 is 0 Å². The van der Waals surface area contributed by atoms with Crippen molar-refractivity contribution in [2.24, 2.45) is 5.92 Å². The molecule has 0 aromatic rings. The predicted octanol–water partition coefficient (Wildman–Crippen LogP) is 4.60. The van der Waals surface area contributed by atoms with Crippen molar-refractivity contribution < 1.29 is 36.6 Å². The Morgan fingerprint density at radius 2 is 1.88 bits per heavy atom. The van der Waals surface area contributed by atoms with Crippen LogP contribution in [0.2, 0.25) is 0 Å². The normalized spacial score (nSPS) is 17.9. The molecule has 0 saturated carbocycles. The molecule has 0 N–H and O–H groups in total. The van der Waals surface area contributed by atoms with E-state index in [9.17, 15) is 22.4 Å². The van der Waals surface area contributed by atoms with Crippen LogP contribution in [0.4, 0.5) is 17.6 Å². The Morgan fingerprint density at radius 3 is 2.46 bits per heavy atom. The predicted molar refractivity (Wildman–Crippen MR) is 88.6 cm³/mol. The zero-order chi connectivity index (χ0) is 19.6. The van der Waals surface area contributed by atoms with Crippen LogP contribution in [0.3, 0.4) is 0 Å². The first-order valence-corrected chi connectivity index (χ1v) is 9.24. The van der Waals surface area contributed by atoms with E-state index in [2.05, 4.69) is 0 Å². The van der Waals surface area contributed by atoms with Gasteiger partial charge < -0.3 is 14.2 Å². The van der Waals surface area contributed by atoms with Gasteiger partial charge in [-0.3, -0.25) is 4.79 Å². The van der Waals surface area contributed by atoms with Crippen LogP contribution in [-0.2, 0) is 19.0 Å². The second kappa shape index (κ2) is 11.1. The lowest BCUT2D eigenvalue weighted by Gasteiger charge is -2.29. The fraction of sp³-hybridized carbons (Fsp3) is 0.944. The van der Waals surface area contributed by atoms with Crippen molar-refractivity contribution in [1.29, 1.82) is 0 Å². The zero-order valence-electron chi connectivity index (χ0n) is 15.6. The van der Waals surface area contributed by atoms with Gasteiger partial charge in [0, 0.05) is 26.2 Å². The number of rotatable bonds is 12. The number of halogens is 4. The van der Waals surface area contributed by atoms with Gasteiger partial charge in [-0.1, -0.05) is 13.3 Å². The topological polar surface area (TPSA) is 44.8 Å². The number of ether oxygens (including phenoxy) is 3. The molecular weight excluding hydrogens is 356 g/mol. The van der Waals surface area contributed by atoms with Crippen LogP contribution in [0.25, 0.3) is 0 Å². The van der Waals surface area contributed by atoms with Crippen molar-refractivity contribution in [2.75, 3.05) is 26.4 Å². The minimum Gasteiger partial charge on any atom is -0.453 e. The molecule has 1 aliphatic heterocycles. The third-order valence-electron chi connectivity index (χ3n) is 4.31. The van der Waals surface area contributed by atoms with Gasteiger partial charge in [-0.15, -0.1) is 0 Å². The van der Waals surface area contributed by atoms with E-state index in [1.165, 1.54) is 0 Å². The highest BCUT2D eigenvalue weighted by molar-refractivity contribution is 5.69. The summed E-state index contributed by atoms with van der Waals surface area (Å²) in [4.78, 5) is 11.7. The summed E-state index contributed by atoms with van der Waals surface area (Å²) in [7, 11) is 0. The molecule has 0 aromatic carbocycles. The molecule has 1 rings (SSSR count). The number of esters is 1. The molecule has 0 spiro atoms. The molecule has 4 nitrogen and oxygen atoms in total. The van der Waals surface area contributed by atoms with Crippen LogP contribution in [0.15, 0.2) is 0 Å². The van der Waals surface area contributed by atoms with Gasteiger partial charge in [-0.2, -0.15) is 0 Å². The molecule has 154 valence electrons. The first-order valence-electron chi connectivity index (χ1n) is 9.24. The Morgan fingerprint density at radius 1 is 1.23 bits per heavy atom. The second-order valence-corrected chi connectivity index (χ2v) is 7.01. The van der Waals surface area contributed by atoms with Crippen molar-refractivity contribution in [1.82, 2.24) is 0 Å². The van der Waals surface area contributed by atoms with E-state index in [4.69, 9.17) is 14.2 Å². The van der Waals surface area contributed by atoms with E-state index in [1.54, 1.807) is 0 Å². The first kappa shape index (κ1) is 23.1. The monoisotopic (exact) mass is 386 g/mol. The SMILES string of the molecule is CCCCC(=O)OC(COCCC1CCOCC1)C(F)(F)CC(C)(F)F. The molecule has 1 atom stereocenters. The summed E-state index contributed by atoms with van der Waals surface area (Å²) >= 11 is 0. The standard InChI is InChI=1S/C18H30F4O4/c1-3-4-5-16(23)26-15(18(21,22)13-17(2,19)20)12-25-11-8-14-6-9-24-10-7-14/h14-15H,3-13H2,1-2H3. The van der Waals surface area contributed by atoms with Crippen molar-refractivity contribution in [2.45, 2.75) is 76.7 Å². The maximum Gasteiger partial charge on any atom is 0.306 e. The number of alkyl halides is 4. The quantitative estimate of drug-likeness (QED) is 0.279. The summed E-state index contributed by atoms with van der Waals surface area (Å²) in [6, 6.07) is 0. The van der Waals surface area contributed by atoms with Crippen LogP contribution in [0.1, 0.15) is 58.8 Å². The van der Waals surface area contributed by atoms with E-state index in [-0.39, 0.29) is 13.0 Å². The summed E-state index contributed by atoms with van der Waals surface area (Å²) in [6.07, 6.45) is -0.0740. The van der Waals surface area contributed by atoms with Crippen LogP contribution in [0.5, 0.6) is 0 Å². The van der Waals surface area contributed by atoms with Gasteiger partial charge in [-0.05, 0) is 38.5 Å². The average molecular weight is 386 g/mol. The molecule has 0 aliphatic carbocycles. The van der Waals surface area contributed by atoms with Crippen molar-refractivity contribution in [3.8, 4) is 0 Å². The largest absolute Gasteiger partial charge is 0.453 e. The van der Waals surface area contributed by atoms with Gasteiger partial charge in [0.05, 0.1) is 13.0 Å². The second-order valence-electron chi connectivity index (χ2n) is 7.01. The number of carbonyl (C=O) groups excluding carboxylic acids is 1. The molecule has 1 heterocycles. The Hall–Kier alpha value is -0.890. The number of unbranched alkanes of at least 4 members (excludes halogenated alkanes) is 1. The fourth-order valence-electron chi connectivity index (χ4n) is 2.78. The molecule has 1 fully saturated rings. The van der Waals surface area contributed by atoms with Crippen molar-refractivity contribution >= 4 is 5.97 Å². The lowest BCUT2D eigenvalue weighted by atomic mass is 9.97. The van der Waals surface area contributed by atoms with Gasteiger partial charge in [0.15, 0.2) is 6.10 Å². The summed E-state index contributed by atoms with van der Waals surface area (Å²) in [5, 5.41) is 0. The third kappa shape index (κ3) is 9.71. The minimum absolute atomic E-state index is 0.0202. The molecular formula is C18H30F4O4. The summed E-state index contributed by atoms with van der Waals surface area (Å²) in [5.41, 5.74) is 0. The molecule has 0 radical (unpaired) electrons. The van der Waals surface area contributed by atoms with Crippen LogP contribution >= 0.6 is 0 Å². The molecule has 1 aliphatic rings. The molecule has 0 amide bonds. The molecule has 26 heavy (non-hydrogen) atoms. The van der Waals surface area contributed by atoms with Crippen LogP contribution in [-0.4, -0.2) is 50.3 Å². The number of carbonyl (C=O) groups is 1. The van der Waals surface area contributed by atoms with Crippen LogP contribution in [0, 0.1) is 5.92 Å². The maximum atomic E-state index is 14.2. The highest BCUT2D eigenvalue weighted by Gasteiger charge is 2.48. The van der Waals surface area contributed by atoms with Gasteiger partial charge in [0.2, 0.25) is 0 Å². The van der Waals surface area contributed by atoms with Gasteiger partial charge in [-0.25, -0.2) is 17.6 Å². The smallest absolute Gasteiger partial charge is 0.306 e. The summed E-state index contributed by atoms with van der Waals surface area (Å²) in [5.74, 6) is -7.85. The average Bonchev–Trinajstić information content (AvgIpc) is 2.54.